The Hall–Kier alpha value is -2.33. The highest BCUT2D eigenvalue weighted by atomic mass is 16.5. The molecule has 0 saturated carbocycles. The van der Waals surface area contributed by atoms with Crippen molar-refractivity contribution in [3.8, 4) is 5.75 Å². The maximum absolute atomic E-state index is 12.4. The summed E-state index contributed by atoms with van der Waals surface area (Å²) < 4.78 is 11.2. The van der Waals surface area contributed by atoms with Crippen LogP contribution in [0.25, 0.3) is 0 Å². The maximum Gasteiger partial charge on any atom is 0.222 e. The molecule has 25 heavy (non-hydrogen) atoms. The molecular weight excluding hydrogens is 314 g/mol. The van der Waals surface area contributed by atoms with Gasteiger partial charge in [0.2, 0.25) is 5.91 Å². The van der Waals surface area contributed by atoms with Crippen LogP contribution in [0.5, 0.6) is 5.75 Å². The van der Waals surface area contributed by atoms with E-state index < -0.39 is 0 Å². The van der Waals surface area contributed by atoms with Gasteiger partial charge in [-0.05, 0) is 29.2 Å². The number of rotatable bonds is 6. The Balaban J connectivity index is 1.57. The van der Waals surface area contributed by atoms with Crippen molar-refractivity contribution in [1.82, 2.24) is 5.32 Å². The van der Waals surface area contributed by atoms with Gasteiger partial charge in [-0.1, -0.05) is 49.4 Å². The van der Waals surface area contributed by atoms with E-state index in [0.29, 0.717) is 19.6 Å². The van der Waals surface area contributed by atoms with Crippen molar-refractivity contribution in [2.45, 2.75) is 31.8 Å². The third-order valence-electron chi connectivity index (χ3n) is 4.74. The topological polar surface area (TPSA) is 47.6 Å². The van der Waals surface area contributed by atoms with Gasteiger partial charge in [-0.15, -0.1) is 0 Å². The monoisotopic (exact) mass is 339 g/mol. The molecule has 0 aromatic heterocycles. The standard InChI is InChI=1S/C21H25NO3/c1-15(17-8-5-6-10-19(17)24-2)14-22-21(23)13-20-18-9-4-3-7-16(18)11-12-25-20/h3-10,15,20H,11-14H2,1-2H3,(H,22,23)/t15-,20+/m0/s1. The summed E-state index contributed by atoms with van der Waals surface area (Å²) in [6, 6.07) is 16.1. The number of hydrogen-bond acceptors (Lipinski definition) is 3. The van der Waals surface area contributed by atoms with Crippen LogP contribution in [-0.4, -0.2) is 26.2 Å². The zero-order valence-corrected chi connectivity index (χ0v) is 14.8. The van der Waals surface area contributed by atoms with Gasteiger partial charge in [-0.2, -0.15) is 0 Å². The Morgan fingerprint density at radius 1 is 1.24 bits per heavy atom. The maximum atomic E-state index is 12.4. The molecule has 2 atom stereocenters. The minimum atomic E-state index is -0.147. The molecule has 4 nitrogen and oxygen atoms in total. The number of nitrogens with one attached hydrogen (secondary N) is 1. The molecular formula is C21H25NO3. The Morgan fingerprint density at radius 2 is 2.00 bits per heavy atom. The molecule has 1 heterocycles. The first-order valence-electron chi connectivity index (χ1n) is 8.78. The highest BCUT2D eigenvalue weighted by Crippen LogP contribution is 2.29. The fourth-order valence-corrected chi connectivity index (χ4v) is 3.34. The summed E-state index contributed by atoms with van der Waals surface area (Å²) in [5.74, 6) is 1.05. The Bertz CT molecular complexity index is 729. The first-order chi connectivity index (χ1) is 12.2. The van der Waals surface area contributed by atoms with Crippen molar-refractivity contribution in [2.24, 2.45) is 0 Å². The third-order valence-corrected chi connectivity index (χ3v) is 4.74. The van der Waals surface area contributed by atoms with Gasteiger partial charge in [0, 0.05) is 12.5 Å². The predicted octanol–water partition coefficient (Wildman–Crippen LogP) is 3.62. The molecule has 1 aliphatic rings. The number of amides is 1. The molecule has 0 spiro atoms. The Labute approximate surface area is 149 Å². The van der Waals surface area contributed by atoms with E-state index in [9.17, 15) is 4.79 Å². The second-order valence-electron chi connectivity index (χ2n) is 6.46. The van der Waals surface area contributed by atoms with Gasteiger partial charge < -0.3 is 14.8 Å². The van der Waals surface area contributed by atoms with Crippen molar-refractivity contribution >= 4 is 5.91 Å². The second-order valence-corrected chi connectivity index (χ2v) is 6.46. The molecule has 0 fully saturated rings. The number of ether oxygens (including phenoxy) is 2. The number of carbonyl (C=O) groups is 1. The summed E-state index contributed by atoms with van der Waals surface area (Å²) >= 11 is 0. The van der Waals surface area contributed by atoms with Crippen LogP contribution in [0.15, 0.2) is 48.5 Å². The molecule has 1 amide bonds. The lowest BCUT2D eigenvalue weighted by atomic mass is 9.95. The summed E-state index contributed by atoms with van der Waals surface area (Å²) in [5.41, 5.74) is 3.53. The minimum Gasteiger partial charge on any atom is -0.496 e. The largest absolute Gasteiger partial charge is 0.496 e. The van der Waals surface area contributed by atoms with Gasteiger partial charge in [0.1, 0.15) is 5.75 Å². The average molecular weight is 339 g/mol. The number of carbonyl (C=O) groups excluding carboxylic acids is 1. The molecule has 0 unspecified atom stereocenters. The molecule has 0 bridgehead atoms. The summed E-state index contributed by atoms with van der Waals surface area (Å²) in [4.78, 5) is 12.4. The number of benzene rings is 2. The van der Waals surface area contributed by atoms with Crippen molar-refractivity contribution in [3.05, 3.63) is 65.2 Å². The summed E-state index contributed by atoms with van der Waals surface area (Å²) in [5, 5.41) is 3.04. The van der Waals surface area contributed by atoms with E-state index in [1.807, 2.05) is 36.4 Å². The molecule has 4 heteroatoms. The van der Waals surface area contributed by atoms with E-state index in [4.69, 9.17) is 9.47 Å². The van der Waals surface area contributed by atoms with Gasteiger partial charge in [0.15, 0.2) is 0 Å². The van der Waals surface area contributed by atoms with Crippen LogP contribution in [0.3, 0.4) is 0 Å². The first kappa shape index (κ1) is 17.5. The SMILES string of the molecule is COc1ccccc1[C@@H](C)CNC(=O)C[C@H]1OCCc2ccccc21. The highest BCUT2D eigenvalue weighted by molar-refractivity contribution is 5.76. The normalized spacial score (nSPS) is 17.4. The van der Waals surface area contributed by atoms with E-state index in [2.05, 4.69) is 24.4 Å². The highest BCUT2D eigenvalue weighted by Gasteiger charge is 2.23. The van der Waals surface area contributed by atoms with E-state index in [-0.39, 0.29) is 17.9 Å². The fourth-order valence-electron chi connectivity index (χ4n) is 3.34. The molecule has 132 valence electrons. The van der Waals surface area contributed by atoms with E-state index in [1.54, 1.807) is 7.11 Å². The van der Waals surface area contributed by atoms with Crippen molar-refractivity contribution in [2.75, 3.05) is 20.3 Å². The quantitative estimate of drug-likeness (QED) is 0.874. The van der Waals surface area contributed by atoms with Gasteiger partial charge in [0.25, 0.3) is 0 Å². The van der Waals surface area contributed by atoms with Crippen LogP contribution >= 0.6 is 0 Å². The van der Waals surface area contributed by atoms with Crippen LogP contribution in [0.4, 0.5) is 0 Å². The number of fused-ring (bicyclic) bond motifs is 1. The van der Waals surface area contributed by atoms with E-state index in [1.165, 1.54) is 5.56 Å². The Kier molecular flexibility index (Phi) is 5.71. The van der Waals surface area contributed by atoms with Gasteiger partial charge in [-0.25, -0.2) is 0 Å². The third kappa shape index (κ3) is 4.20. The van der Waals surface area contributed by atoms with E-state index in [0.717, 1.165) is 23.3 Å². The summed E-state index contributed by atoms with van der Waals surface area (Å²) in [7, 11) is 1.67. The van der Waals surface area contributed by atoms with Gasteiger partial charge >= 0.3 is 0 Å². The van der Waals surface area contributed by atoms with Crippen molar-refractivity contribution in [3.63, 3.8) is 0 Å². The van der Waals surface area contributed by atoms with Crippen LogP contribution in [0.2, 0.25) is 0 Å². The average Bonchev–Trinajstić information content (AvgIpc) is 2.66. The van der Waals surface area contributed by atoms with Gasteiger partial charge in [0.05, 0.1) is 26.2 Å². The molecule has 1 N–H and O–H groups in total. The Morgan fingerprint density at radius 3 is 2.84 bits per heavy atom. The zero-order chi connectivity index (χ0) is 17.6. The molecule has 0 aliphatic carbocycles. The van der Waals surface area contributed by atoms with Crippen molar-refractivity contribution < 1.29 is 14.3 Å². The summed E-state index contributed by atoms with van der Waals surface area (Å²) in [6.45, 7) is 3.34. The molecule has 3 rings (SSSR count). The summed E-state index contributed by atoms with van der Waals surface area (Å²) in [6.07, 6.45) is 1.13. The van der Waals surface area contributed by atoms with Crippen LogP contribution in [0, 0.1) is 0 Å². The van der Waals surface area contributed by atoms with Crippen molar-refractivity contribution in [1.29, 1.82) is 0 Å². The number of methoxy groups -OCH3 is 1. The van der Waals surface area contributed by atoms with Crippen LogP contribution < -0.4 is 10.1 Å². The smallest absolute Gasteiger partial charge is 0.222 e. The zero-order valence-electron chi connectivity index (χ0n) is 14.8. The lowest BCUT2D eigenvalue weighted by molar-refractivity contribution is -0.124. The number of hydrogen-bond donors (Lipinski definition) is 1. The lowest BCUT2D eigenvalue weighted by Crippen LogP contribution is -2.30. The van der Waals surface area contributed by atoms with E-state index >= 15 is 0 Å². The second kappa shape index (κ2) is 8.17. The lowest BCUT2D eigenvalue weighted by Gasteiger charge is -2.26. The number of para-hydroxylation sites is 1. The predicted molar refractivity (Wildman–Crippen MR) is 97.9 cm³/mol. The minimum absolute atomic E-state index is 0.0171. The molecule has 0 radical (unpaired) electrons. The molecule has 2 aromatic carbocycles. The van der Waals surface area contributed by atoms with Crippen LogP contribution in [0.1, 0.15) is 42.1 Å². The molecule has 0 saturated heterocycles. The van der Waals surface area contributed by atoms with Crippen LogP contribution in [-0.2, 0) is 16.0 Å². The first-order valence-corrected chi connectivity index (χ1v) is 8.78. The molecule has 2 aromatic rings. The fraction of sp³-hybridized carbons (Fsp3) is 0.381. The van der Waals surface area contributed by atoms with Gasteiger partial charge in [-0.3, -0.25) is 4.79 Å². The molecule has 1 aliphatic heterocycles.